The van der Waals surface area contributed by atoms with Crippen molar-refractivity contribution in [3.05, 3.63) is 35.1 Å². The average molecular weight is 276 g/mol. The molecule has 1 aliphatic carbocycles. The highest BCUT2D eigenvalue weighted by Crippen LogP contribution is 2.48. The summed E-state index contributed by atoms with van der Waals surface area (Å²) >= 11 is 0. The summed E-state index contributed by atoms with van der Waals surface area (Å²) in [5.74, 6) is 2.37. The van der Waals surface area contributed by atoms with Crippen molar-refractivity contribution in [2.75, 3.05) is 7.11 Å². The molecule has 1 heteroatoms. The van der Waals surface area contributed by atoms with Gasteiger partial charge in [-0.3, -0.25) is 0 Å². The van der Waals surface area contributed by atoms with E-state index in [1.807, 2.05) is 7.11 Å². The van der Waals surface area contributed by atoms with Crippen LogP contribution >= 0.6 is 0 Å². The first kappa shape index (κ1) is 17.1. The van der Waals surface area contributed by atoms with E-state index in [9.17, 15) is 0 Å². The van der Waals surface area contributed by atoms with E-state index in [4.69, 9.17) is 4.74 Å². The van der Waals surface area contributed by atoms with Crippen LogP contribution in [0.2, 0.25) is 0 Å². The minimum Gasteiger partial charge on any atom is -0.501 e. The lowest BCUT2D eigenvalue weighted by Gasteiger charge is -2.44. The van der Waals surface area contributed by atoms with E-state index < -0.39 is 0 Å². The van der Waals surface area contributed by atoms with Crippen LogP contribution in [0.3, 0.4) is 0 Å². The highest BCUT2D eigenvalue weighted by atomic mass is 16.5. The van der Waals surface area contributed by atoms with Crippen LogP contribution in [0.15, 0.2) is 35.1 Å². The average Bonchev–Trinajstić information content (AvgIpc) is 2.34. The fourth-order valence-corrected chi connectivity index (χ4v) is 3.13. The lowest BCUT2D eigenvalue weighted by Crippen LogP contribution is -2.36. The van der Waals surface area contributed by atoms with Gasteiger partial charge in [0.05, 0.1) is 12.9 Å². The number of hydrogen-bond donors (Lipinski definition) is 0. The number of hydrogen-bond acceptors (Lipinski definition) is 1. The maximum absolute atomic E-state index is 5.66. The summed E-state index contributed by atoms with van der Waals surface area (Å²) in [5.41, 5.74) is 3.09. The van der Waals surface area contributed by atoms with Crippen molar-refractivity contribution in [2.45, 2.75) is 60.8 Å². The zero-order chi connectivity index (χ0) is 15.3. The fraction of sp³-hybridized carbons (Fsp3) is 0.684. The molecule has 0 heterocycles. The molecule has 0 saturated heterocycles. The topological polar surface area (TPSA) is 9.23 Å². The van der Waals surface area contributed by atoms with Gasteiger partial charge >= 0.3 is 0 Å². The SMILES string of the molecule is COC1=CCC(CC=C(C)C)C(C)(C)C1CC=C(C)C. The molecule has 114 valence electrons. The zero-order valence-corrected chi connectivity index (χ0v) is 14.4. The summed E-state index contributed by atoms with van der Waals surface area (Å²) < 4.78 is 5.66. The standard InChI is InChI=1S/C19H32O/c1-14(2)8-10-16-11-13-18(20-7)17(19(16,5)6)12-9-15(3)4/h8-9,13,16-17H,10-12H2,1-7H3. The predicted octanol–water partition coefficient (Wildman–Crippen LogP) is 5.89. The van der Waals surface area contributed by atoms with Crippen LogP contribution in [0.1, 0.15) is 60.8 Å². The summed E-state index contributed by atoms with van der Waals surface area (Å²) in [6.45, 7) is 13.5. The van der Waals surface area contributed by atoms with Gasteiger partial charge in [0.1, 0.15) is 0 Å². The van der Waals surface area contributed by atoms with Gasteiger partial charge in [0, 0.05) is 5.92 Å². The molecule has 1 nitrogen and oxygen atoms in total. The molecule has 2 atom stereocenters. The number of rotatable bonds is 5. The Kier molecular flexibility index (Phi) is 6.10. The van der Waals surface area contributed by atoms with Gasteiger partial charge in [0.2, 0.25) is 0 Å². The Morgan fingerprint density at radius 3 is 2.20 bits per heavy atom. The molecule has 0 aromatic rings. The van der Waals surface area contributed by atoms with Crippen molar-refractivity contribution in [1.29, 1.82) is 0 Å². The van der Waals surface area contributed by atoms with E-state index in [2.05, 4.69) is 59.8 Å². The van der Waals surface area contributed by atoms with E-state index in [-0.39, 0.29) is 5.41 Å². The second-order valence-corrected chi connectivity index (χ2v) is 7.15. The molecule has 0 radical (unpaired) electrons. The van der Waals surface area contributed by atoms with Crippen molar-refractivity contribution in [2.24, 2.45) is 17.3 Å². The first-order chi connectivity index (χ1) is 9.28. The van der Waals surface area contributed by atoms with Gasteiger partial charge < -0.3 is 4.74 Å². The molecule has 0 aromatic carbocycles. The van der Waals surface area contributed by atoms with E-state index in [1.54, 1.807) is 0 Å². The monoisotopic (exact) mass is 276 g/mol. The molecule has 0 amide bonds. The minimum atomic E-state index is 0.276. The van der Waals surface area contributed by atoms with E-state index >= 15 is 0 Å². The second kappa shape index (κ2) is 7.15. The summed E-state index contributed by atoms with van der Waals surface area (Å²) in [7, 11) is 1.81. The molecule has 0 N–H and O–H groups in total. The third-order valence-corrected chi connectivity index (χ3v) is 4.71. The van der Waals surface area contributed by atoms with Gasteiger partial charge in [-0.2, -0.15) is 0 Å². The molecule has 0 aliphatic heterocycles. The van der Waals surface area contributed by atoms with Crippen molar-refractivity contribution in [3.63, 3.8) is 0 Å². The van der Waals surface area contributed by atoms with Crippen molar-refractivity contribution < 1.29 is 4.74 Å². The summed E-state index contributed by atoms with van der Waals surface area (Å²) in [4.78, 5) is 0. The number of allylic oxidation sites excluding steroid dienone is 6. The Morgan fingerprint density at radius 2 is 1.70 bits per heavy atom. The Bertz CT molecular complexity index is 401. The molecule has 0 aromatic heterocycles. The second-order valence-electron chi connectivity index (χ2n) is 7.15. The Labute approximate surface area is 125 Å². The first-order valence-corrected chi connectivity index (χ1v) is 7.79. The Hall–Kier alpha value is -0.980. The Morgan fingerprint density at radius 1 is 1.15 bits per heavy atom. The summed E-state index contributed by atoms with van der Waals surface area (Å²) in [6.07, 6.45) is 10.4. The van der Waals surface area contributed by atoms with Gasteiger partial charge in [-0.05, 0) is 64.4 Å². The van der Waals surface area contributed by atoms with Gasteiger partial charge in [-0.1, -0.05) is 37.1 Å². The molecule has 1 rings (SSSR count). The van der Waals surface area contributed by atoms with Crippen molar-refractivity contribution in [3.8, 4) is 0 Å². The smallest absolute Gasteiger partial charge is 0.0955 e. The minimum absolute atomic E-state index is 0.276. The summed E-state index contributed by atoms with van der Waals surface area (Å²) in [6, 6.07) is 0. The number of methoxy groups -OCH3 is 1. The highest BCUT2D eigenvalue weighted by Gasteiger charge is 2.41. The summed E-state index contributed by atoms with van der Waals surface area (Å²) in [5, 5.41) is 0. The van der Waals surface area contributed by atoms with Gasteiger partial charge in [-0.15, -0.1) is 0 Å². The van der Waals surface area contributed by atoms with Crippen LogP contribution in [-0.4, -0.2) is 7.11 Å². The molecule has 2 unspecified atom stereocenters. The first-order valence-electron chi connectivity index (χ1n) is 7.79. The van der Waals surface area contributed by atoms with Crippen LogP contribution in [-0.2, 0) is 4.74 Å². The Balaban J connectivity index is 2.98. The number of ether oxygens (including phenoxy) is 1. The fourth-order valence-electron chi connectivity index (χ4n) is 3.13. The molecule has 0 bridgehead atoms. The largest absolute Gasteiger partial charge is 0.501 e. The quantitative estimate of drug-likeness (QED) is 0.569. The molecular formula is C19H32O. The molecule has 1 aliphatic rings. The van der Waals surface area contributed by atoms with E-state index in [0.29, 0.717) is 11.8 Å². The third kappa shape index (κ3) is 4.26. The van der Waals surface area contributed by atoms with Gasteiger partial charge in [0.15, 0.2) is 0 Å². The van der Waals surface area contributed by atoms with Crippen LogP contribution in [0.25, 0.3) is 0 Å². The normalized spacial score (nSPS) is 24.6. The highest BCUT2D eigenvalue weighted by molar-refractivity contribution is 5.15. The molecule has 0 saturated carbocycles. The van der Waals surface area contributed by atoms with Crippen LogP contribution in [0.5, 0.6) is 0 Å². The van der Waals surface area contributed by atoms with E-state index in [1.165, 1.54) is 23.3 Å². The molecule has 0 fully saturated rings. The molecule has 0 spiro atoms. The maximum Gasteiger partial charge on any atom is 0.0955 e. The maximum atomic E-state index is 5.66. The van der Waals surface area contributed by atoms with Crippen molar-refractivity contribution >= 4 is 0 Å². The third-order valence-electron chi connectivity index (χ3n) is 4.71. The van der Waals surface area contributed by atoms with Gasteiger partial charge in [0.25, 0.3) is 0 Å². The zero-order valence-electron chi connectivity index (χ0n) is 14.4. The predicted molar refractivity (Wildman–Crippen MR) is 88.6 cm³/mol. The van der Waals surface area contributed by atoms with Crippen LogP contribution in [0, 0.1) is 17.3 Å². The van der Waals surface area contributed by atoms with Gasteiger partial charge in [-0.25, -0.2) is 0 Å². The molecular weight excluding hydrogens is 244 g/mol. The van der Waals surface area contributed by atoms with Crippen molar-refractivity contribution in [1.82, 2.24) is 0 Å². The van der Waals surface area contributed by atoms with Crippen LogP contribution < -0.4 is 0 Å². The lowest BCUT2D eigenvalue weighted by molar-refractivity contribution is 0.0744. The van der Waals surface area contributed by atoms with Crippen LogP contribution in [0.4, 0.5) is 0 Å². The molecule has 20 heavy (non-hydrogen) atoms. The van der Waals surface area contributed by atoms with E-state index in [0.717, 1.165) is 12.8 Å². The lowest BCUT2D eigenvalue weighted by atomic mass is 9.62.